The summed E-state index contributed by atoms with van der Waals surface area (Å²) >= 11 is 0. The van der Waals surface area contributed by atoms with Gasteiger partial charge in [0.05, 0.1) is 16.9 Å². The van der Waals surface area contributed by atoms with Crippen LogP contribution in [0.2, 0.25) is 0 Å². The van der Waals surface area contributed by atoms with Gasteiger partial charge in [0.1, 0.15) is 6.07 Å². The van der Waals surface area contributed by atoms with E-state index >= 15 is 0 Å². The minimum atomic E-state index is -0.249. The van der Waals surface area contributed by atoms with E-state index in [1.807, 2.05) is 31.2 Å². The van der Waals surface area contributed by atoms with Gasteiger partial charge in [-0.05, 0) is 48.9 Å². The Morgan fingerprint density at radius 1 is 1.08 bits per heavy atom. The maximum absolute atomic E-state index is 12.3. The van der Waals surface area contributed by atoms with E-state index in [1.165, 1.54) is 0 Å². The van der Waals surface area contributed by atoms with Gasteiger partial charge in [0.15, 0.2) is 0 Å². The summed E-state index contributed by atoms with van der Waals surface area (Å²) in [5.41, 5.74) is 4.43. The van der Waals surface area contributed by atoms with Crippen LogP contribution in [0.4, 0.5) is 5.69 Å². The SMILES string of the molecule is Cc1ccnc(-c2ccc(C(=O)Nc3ccccc3C#N)cc2)c1. The Morgan fingerprint density at radius 2 is 1.83 bits per heavy atom. The summed E-state index contributed by atoms with van der Waals surface area (Å²) in [6.07, 6.45) is 1.77. The average molecular weight is 313 g/mol. The van der Waals surface area contributed by atoms with Gasteiger partial charge in [-0.25, -0.2) is 0 Å². The quantitative estimate of drug-likeness (QED) is 0.788. The van der Waals surface area contributed by atoms with Gasteiger partial charge in [-0.2, -0.15) is 5.26 Å². The van der Waals surface area contributed by atoms with Gasteiger partial charge in [-0.15, -0.1) is 0 Å². The number of nitrogens with zero attached hydrogens (tertiary/aromatic N) is 2. The molecule has 0 unspecified atom stereocenters. The summed E-state index contributed by atoms with van der Waals surface area (Å²) in [6.45, 7) is 2.01. The molecule has 0 fully saturated rings. The van der Waals surface area contributed by atoms with Crippen molar-refractivity contribution in [1.29, 1.82) is 5.26 Å². The second-order valence-electron chi connectivity index (χ2n) is 5.41. The Morgan fingerprint density at radius 3 is 2.54 bits per heavy atom. The average Bonchev–Trinajstić information content (AvgIpc) is 2.62. The molecule has 0 aliphatic carbocycles. The highest BCUT2D eigenvalue weighted by Crippen LogP contribution is 2.20. The lowest BCUT2D eigenvalue weighted by molar-refractivity contribution is 0.102. The van der Waals surface area contributed by atoms with Crippen molar-refractivity contribution in [2.45, 2.75) is 6.92 Å². The zero-order valence-electron chi connectivity index (χ0n) is 13.2. The van der Waals surface area contributed by atoms with Crippen LogP contribution < -0.4 is 5.32 Å². The molecule has 24 heavy (non-hydrogen) atoms. The number of amides is 1. The Labute approximate surface area is 140 Å². The third-order valence-corrected chi connectivity index (χ3v) is 3.65. The lowest BCUT2D eigenvalue weighted by Crippen LogP contribution is -2.12. The van der Waals surface area contributed by atoms with Crippen LogP contribution in [0.1, 0.15) is 21.5 Å². The number of hydrogen-bond acceptors (Lipinski definition) is 3. The molecule has 1 amide bonds. The van der Waals surface area contributed by atoms with E-state index in [0.717, 1.165) is 16.8 Å². The normalized spacial score (nSPS) is 10.0. The molecular formula is C20H15N3O. The topological polar surface area (TPSA) is 65.8 Å². The van der Waals surface area contributed by atoms with Gasteiger partial charge >= 0.3 is 0 Å². The van der Waals surface area contributed by atoms with Crippen molar-refractivity contribution in [3.63, 3.8) is 0 Å². The van der Waals surface area contributed by atoms with Crippen molar-refractivity contribution in [3.05, 3.63) is 83.6 Å². The van der Waals surface area contributed by atoms with Crippen LogP contribution in [0.15, 0.2) is 66.9 Å². The van der Waals surface area contributed by atoms with Gasteiger partial charge in [0.25, 0.3) is 5.91 Å². The molecule has 0 aliphatic heterocycles. The lowest BCUT2D eigenvalue weighted by Gasteiger charge is -2.08. The number of anilines is 1. The summed E-state index contributed by atoms with van der Waals surface area (Å²) in [4.78, 5) is 16.7. The fourth-order valence-corrected chi connectivity index (χ4v) is 2.37. The molecule has 3 aromatic rings. The number of aryl methyl sites for hydroxylation is 1. The second-order valence-corrected chi connectivity index (χ2v) is 5.41. The summed E-state index contributed by atoms with van der Waals surface area (Å²) in [7, 11) is 0. The molecule has 4 nitrogen and oxygen atoms in total. The Hall–Kier alpha value is -3.45. The summed E-state index contributed by atoms with van der Waals surface area (Å²) in [5.74, 6) is -0.249. The first kappa shape index (κ1) is 15.4. The highest BCUT2D eigenvalue weighted by atomic mass is 16.1. The predicted octanol–water partition coefficient (Wildman–Crippen LogP) is 4.18. The van der Waals surface area contributed by atoms with Crippen molar-refractivity contribution in [3.8, 4) is 17.3 Å². The minimum absolute atomic E-state index is 0.249. The zero-order valence-corrected chi connectivity index (χ0v) is 13.2. The lowest BCUT2D eigenvalue weighted by atomic mass is 10.1. The van der Waals surface area contributed by atoms with Gasteiger partial charge < -0.3 is 5.32 Å². The number of nitrogens with one attached hydrogen (secondary N) is 1. The maximum Gasteiger partial charge on any atom is 0.255 e. The first-order valence-corrected chi connectivity index (χ1v) is 7.51. The highest BCUT2D eigenvalue weighted by Gasteiger charge is 2.09. The molecular weight excluding hydrogens is 298 g/mol. The first-order valence-electron chi connectivity index (χ1n) is 7.51. The molecule has 1 aromatic heterocycles. The number of pyridine rings is 1. The molecule has 3 rings (SSSR count). The molecule has 0 aliphatic rings. The molecule has 0 spiro atoms. The number of carbonyl (C=O) groups excluding carboxylic acids is 1. The molecule has 116 valence electrons. The predicted molar refractivity (Wildman–Crippen MR) is 93.5 cm³/mol. The van der Waals surface area contributed by atoms with Crippen LogP contribution >= 0.6 is 0 Å². The first-order chi connectivity index (χ1) is 11.7. The number of hydrogen-bond donors (Lipinski definition) is 1. The number of para-hydroxylation sites is 1. The summed E-state index contributed by atoms with van der Waals surface area (Å²) < 4.78 is 0. The number of carbonyl (C=O) groups is 1. The van der Waals surface area contributed by atoms with E-state index in [2.05, 4.69) is 16.4 Å². The van der Waals surface area contributed by atoms with Crippen molar-refractivity contribution >= 4 is 11.6 Å². The van der Waals surface area contributed by atoms with Crippen LogP contribution in [0.25, 0.3) is 11.3 Å². The largest absolute Gasteiger partial charge is 0.321 e. The second kappa shape index (κ2) is 6.76. The fraction of sp³-hybridized carbons (Fsp3) is 0.0500. The minimum Gasteiger partial charge on any atom is -0.321 e. The van der Waals surface area contributed by atoms with Crippen molar-refractivity contribution < 1.29 is 4.79 Å². The molecule has 1 N–H and O–H groups in total. The van der Waals surface area contributed by atoms with Crippen LogP contribution in [-0.4, -0.2) is 10.9 Å². The van der Waals surface area contributed by atoms with Crippen LogP contribution in [0.5, 0.6) is 0 Å². The fourth-order valence-electron chi connectivity index (χ4n) is 2.37. The third-order valence-electron chi connectivity index (χ3n) is 3.65. The van der Waals surface area contributed by atoms with Crippen LogP contribution in [-0.2, 0) is 0 Å². The van der Waals surface area contributed by atoms with E-state index in [-0.39, 0.29) is 5.91 Å². The molecule has 0 saturated heterocycles. The van der Waals surface area contributed by atoms with Gasteiger partial charge in [0.2, 0.25) is 0 Å². The number of benzene rings is 2. The van der Waals surface area contributed by atoms with Crippen molar-refractivity contribution in [2.75, 3.05) is 5.32 Å². The van der Waals surface area contributed by atoms with Gasteiger partial charge in [-0.1, -0.05) is 24.3 Å². The van der Waals surface area contributed by atoms with E-state index in [9.17, 15) is 4.79 Å². The monoisotopic (exact) mass is 313 g/mol. The zero-order chi connectivity index (χ0) is 16.9. The standard InChI is InChI=1S/C20H15N3O/c1-14-10-11-22-19(12-14)15-6-8-16(9-7-15)20(24)23-18-5-3-2-4-17(18)13-21/h2-12H,1H3,(H,23,24). The molecule has 1 heterocycles. The van der Waals surface area contributed by atoms with Crippen molar-refractivity contribution in [1.82, 2.24) is 4.98 Å². The van der Waals surface area contributed by atoms with E-state index in [4.69, 9.17) is 5.26 Å². The summed E-state index contributed by atoms with van der Waals surface area (Å²) in [6, 6.07) is 20.2. The van der Waals surface area contributed by atoms with Gasteiger partial charge in [0, 0.05) is 17.3 Å². The highest BCUT2D eigenvalue weighted by molar-refractivity contribution is 6.05. The van der Waals surface area contributed by atoms with Crippen LogP contribution in [0, 0.1) is 18.3 Å². The Bertz CT molecular complexity index is 924. The van der Waals surface area contributed by atoms with E-state index in [0.29, 0.717) is 16.8 Å². The summed E-state index contributed by atoms with van der Waals surface area (Å²) in [5, 5.41) is 11.8. The molecule has 4 heteroatoms. The molecule has 0 radical (unpaired) electrons. The molecule has 0 saturated carbocycles. The van der Waals surface area contributed by atoms with Gasteiger partial charge in [-0.3, -0.25) is 9.78 Å². The smallest absolute Gasteiger partial charge is 0.255 e. The van der Waals surface area contributed by atoms with Crippen LogP contribution in [0.3, 0.4) is 0 Å². The Balaban J connectivity index is 1.81. The van der Waals surface area contributed by atoms with E-state index < -0.39 is 0 Å². The number of nitriles is 1. The van der Waals surface area contributed by atoms with Crippen molar-refractivity contribution in [2.24, 2.45) is 0 Å². The third kappa shape index (κ3) is 3.31. The number of aromatic nitrogens is 1. The molecule has 0 bridgehead atoms. The Kier molecular flexibility index (Phi) is 4.35. The molecule has 2 aromatic carbocycles. The van der Waals surface area contributed by atoms with E-state index in [1.54, 1.807) is 42.6 Å². The number of rotatable bonds is 3. The molecule has 0 atom stereocenters. The maximum atomic E-state index is 12.3.